The number of carbonyl (C=O) groups is 1. The number of pyridine rings is 1. The van der Waals surface area contributed by atoms with Gasteiger partial charge in [-0.3, -0.25) is 4.79 Å². The summed E-state index contributed by atoms with van der Waals surface area (Å²) in [6, 6.07) is 3.99. The Kier molecular flexibility index (Phi) is 5.58. The molecule has 4 nitrogen and oxygen atoms in total. The highest BCUT2D eigenvalue weighted by Crippen LogP contribution is 2.07. The van der Waals surface area contributed by atoms with E-state index < -0.39 is 0 Å². The maximum Gasteiger partial charge on any atom is 0.269 e. The number of hydrogen-bond acceptors (Lipinski definition) is 3. The summed E-state index contributed by atoms with van der Waals surface area (Å²) in [5.41, 5.74) is 0.445. The Hall–Kier alpha value is -0.940. The molecule has 1 amide bonds. The first-order chi connectivity index (χ1) is 8.00. The van der Waals surface area contributed by atoms with Crippen molar-refractivity contribution in [2.24, 2.45) is 0 Å². The molecule has 0 fully saturated rings. The minimum absolute atomic E-state index is 0.130. The van der Waals surface area contributed by atoms with Crippen LogP contribution in [0.2, 0.25) is 0 Å². The summed E-state index contributed by atoms with van der Waals surface area (Å²) in [4.78, 5) is 17.9. The Morgan fingerprint density at radius 1 is 1.53 bits per heavy atom. The van der Waals surface area contributed by atoms with Crippen LogP contribution in [0.3, 0.4) is 0 Å². The fraction of sp³-hybridized carbons (Fsp3) is 0.500. The molecular formula is C12H18BrN3O. The maximum absolute atomic E-state index is 11.7. The second-order valence-electron chi connectivity index (χ2n) is 4.19. The van der Waals surface area contributed by atoms with Gasteiger partial charge in [0.1, 0.15) is 5.69 Å². The lowest BCUT2D eigenvalue weighted by atomic mass is 10.3. The van der Waals surface area contributed by atoms with Crippen LogP contribution in [0, 0.1) is 0 Å². The first kappa shape index (κ1) is 14.1. The van der Waals surface area contributed by atoms with Crippen LogP contribution >= 0.6 is 15.9 Å². The quantitative estimate of drug-likeness (QED) is 0.903. The van der Waals surface area contributed by atoms with E-state index in [1.807, 2.05) is 13.1 Å². The summed E-state index contributed by atoms with van der Waals surface area (Å²) < 4.78 is 0.869. The van der Waals surface area contributed by atoms with Gasteiger partial charge >= 0.3 is 0 Å². The van der Waals surface area contributed by atoms with Gasteiger partial charge in [-0.25, -0.2) is 4.98 Å². The van der Waals surface area contributed by atoms with E-state index >= 15 is 0 Å². The predicted molar refractivity (Wildman–Crippen MR) is 72.0 cm³/mol. The van der Waals surface area contributed by atoms with Crippen molar-refractivity contribution in [2.45, 2.75) is 19.9 Å². The minimum atomic E-state index is -0.130. The summed E-state index contributed by atoms with van der Waals surface area (Å²) in [5, 5.41) is 2.85. The van der Waals surface area contributed by atoms with E-state index in [4.69, 9.17) is 0 Å². The first-order valence-electron chi connectivity index (χ1n) is 5.60. The SMILES string of the molecule is CC(C)N(C)CCNC(=O)c1ccc(Br)cn1. The number of likely N-dealkylation sites (N-methyl/N-ethyl adjacent to an activating group) is 1. The summed E-state index contributed by atoms with van der Waals surface area (Å²) >= 11 is 3.28. The highest BCUT2D eigenvalue weighted by molar-refractivity contribution is 9.10. The lowest BCUT2D eigenvalue weighted by Crippen LogP contribution is -2.36. The molecule has 0 aliphatic heterocycles. The Morgan fingerprint density at radius 2 is 2.24 bits per heavy atom. The fourth-order valence-corrected chi connectivity index (χ4v) is 1.44. The van der Waals surface area contributed by atoms with Gasteiger partial charge in [0.05, 0.1) is 0 Å². The van der Waals surface area contributed by atoms with E-state index in [0.29, 0.717) is 18.3 Å². The van der Waals surface area contributed by atoms with Crippen LogP contribution in [0.5, 0.6) is 0 Å². The molecule has 0 aliphatic rings. The van der Waals surface area contributed by atoms with Crippen molar-refractivity contribution in [3.05, 3.63) is 28.5 Å². The smallest absolute Gasteiger partial charge is 0.269 e. The van der Waals surface area contributed by atoms with Crippen LogP contribution in [0.25, 0.3) is 0 Å². The van der Waals surface area contributed by atoms with Crippen LogP contribution < -0.4 is 5.32 Å². The topological polar surface area (TPSA) is 45.2 Å². The van der Waals surface area contributed by atoms with Gasteiger partial charge in [0.25, 0.3) is 5.91 Å². The van der Waals surface area contributed by atoms with Crippen LogP contribution in [0.1, 0.15) is 24.3 Å². The zero-order valence-electron chi connectivity index (χ0n) is 10.4. The van der Waals surface area contributed by atoms with Crippen molar-refractivity contribution in [2.75, 3.05) is 20.1 Å². The van der Waals surface area contributed by atoms with E-state index in [2.05, 4.69) is 45.0 Å². The largest absolute Gasteiger partial charge is 0.349 e. The number of amides is 1. The molecule has 0 bridgehead atoms. The van der Waals surface area contributed by atoms with Crippen molar-refractivity contribution < 1.29 is 4.79 Å². The fourth-order valence-electron chi connectivity index (χ4n) is 1.20. The van der Waals surface area contributed by atoms with Crippen LogP contribution in [0.15, 0.2) is 22.8 Å². The zero-order chi connectivity index (χ0) is 12.8. The van der Waals surface area contributed by atoms with E-state index in [1.54, 1.807) is 12.3 Å². The zero-order valence-corrected chi connectivity index (χ0v) is 12.0. The van der Waals surface area contributed by atoms with E-state index in [9.17, 15) is 4.79 Å². The second kappa shape index (κ2) is 6.71. The molecule has 94 valence electrons. The average Bonchev–Trinajstić information content (AvgIpc) is 2.29. The van der Waals surface area contributed by atoms with Crippen molar-refractivity contribution in [1.82, 2.24) is 15.2 Å². The maximum atomic E-state index is 11.7. The van der Waals surface area contributed by atoms with Gasteiger partial charge in [0.2, 0.25) is 0 Å². The van der Waals surface area contributed by atoms with Crippen LogP contribution in [-0.4, -0.2) is 42.0 Å². The molecule has 1 aromatic heterocycles. The van der Waals surface area contributed by atoms with Gasteiger partial charge in [-0.05, 0) is 49.0 Å². The molecule has 0 aliphatic carbocycles. The molecule has 1 heterocycles. The number of nitrogens with one attached hydrogen (secondary N) is 1. The van der Waals surface area contributed by atoms with Crippen LogP contribution in [-0.2, 0) is 0 Å². The Labute approximate surface area is 111 Å². The van der Waals surface area contributed by atoms with Crippen molar-refractivity contribution in [3.63, 3.8) is 0 Å². The molecule has 17 heavy (non-hydrogen) atoms. The molecule has 1 aromatic rings. The van der Waals surface area contributed by atoms with Crippen molar-refractivity contribution >= 4 is 21.8 Å². The third-order valence-electron chi connectivity index (χ3n) is 2.59. The average molecular weight is 300 g/mol. The molecule has 0 radical (unpaired) electrons. The lowest BCUT2D eigenvalue weighted by molar-refractivity contribution is 0.0943. The summed E-state index contributed by atoms with van der Waals surface area (Å²) in [6.45, 7) is 5.71. The number of rotatable bonds is 5. The number of halogens is 1. The Morgan fingerprint density at radius 3 is 2.76 bits per heavy atom. The van der Waals surface area contributed by atoms with Gasteiger partial charge in [-0.15, -0.1) is 0 Å². The Balaban J connectivity index is 2.37. The van der Waals surface area contributed by atoms with Gasteiger partial charge in [-0.1, -0.05) is 0 Å². The first-order valence-corrected chi connectivity index (χ1v) is 6.40. The summed E-state index contributed by atoms with van der Waals surface area (Å²) in [7, 11) is 2.04. The molecule has 0 unspecified atom stereocenters. The third-order valence-corrected chi connectivity index (χ3v) is 3.06. The third kappa shape index (κ3) is 4.83. The molecule has 5 heteroatoms. The van der Waals surface area contributed by atoms with Gasteiger partial charge in [-0.2, -0.15) is 0 Å². The number of carbonyl (C=O) groups excluding carboxylic acids is 1. The highest BCUT2D eigenvalue weighted by atomic mass is 79.9. The highest BCUT2D eigenvalue weighted by Gasteiger charge is 2.07. The molecule has 0 aromatic carbocycles. The number of hydrogen-bond donors (Lipinski definition) is 1. The Bertz CT molecular complexity index is 365. The van der Waals surface area contributed by atoms with Gasteiger partial charge in [0.15, 0.2) is 0 Å². The van der Waals surface area contributed by atoms with Crippen molar-refractivity contribution in [1.29, 1.82) is 0 Å². The van der Waals surface area contributed by atoms with E-state index in [-0.39, 0.29) is 5.91 Å². The molecule has 1 rings (SSSR count). The second-order valence-corrected chi connectivity index (χ2v) is 5.11. The van der Waals surface area contributed by atoms with Gasteiger partial charge < -0.3 is 10.2 Å². The molecule has 1 N–H and O–H groups in total. The number of nitrogens with zero attached hydrogens (tertiary/aromatic N) is 2. The molecule has 0 saturated carbocycles. The van der Waals surface area contributed by atoms with E-state index in [0.717, 1.165) is 11.0 Å². The monoisotopic (exact) mass is 299 g/mol. The predicted octanol–water partition coefficient (Wildman–Crippen LogP) is 1.91. The molecular weight excluding hydrogens is 282 g/mol. The van der Waals surface area contributed by atoms with Crippen molar-refractivity contribution in [3.8, 4) is 0 Å². The lowest BCUT2D eigenvalue weighted by Gasteiger charge is -2.20. The summed E-state index contributed by atoms with van der Waals surface area (Å²) in [6.07, 6.45) is 1.62. The summed E-state index contributed by atoms with van der Waals surface area (Å²) in [5.74, 6) is -0.130. The molecule has 0 spiro atoms. The normalized spacial score (nSPS) is 10.9. The standard InChI is InChI=1S/C12H18BrN3O/c1-9(2)16(3)7-6-14-12(17)11-5-4-10(13)8-15-11/h4-5,8-9H,6-7H2,1-3H3,(H,14,17). The number of aromatic nitrogens is 1. The van der Waals surface area contributed by atoms with Crippen LogP contribution in [0.4, 0.5) is 0 Å². The van der Waals surface area contributed by atoms with Gasteiger partial charge in [0, 0.05) is 29.8 Å². The molecule has 0 saturated heterocycles. The minimum Gasteiger partial charge on any atom is -0.349 e. The molecule has 0 atom stereocenters. The van der Waals surface area contributed by atoms with E-state index in [1.165, 1.54) is 0 Å².